The Morgan fingerprint density at radius 3 is 2.62 bits per heavy atom. The third-order valence-corrected chi connectivity index (χ3v) is 2.45. The van der Waals surface area contributed by atoms with Crippen LogP contribution in [0.1, 0.15) is 28.8 Å². The molecule has 0 aliphatic heterocycles. The molecule has 0 aliphatic carbocycles. The molecule has 3 nitrogen and oxygen atoms in total. The highest BCUT2D eigenvalue weighted by Gasteiger charge is 2.26. The van der Waals surface area contributed by atoms with Crippen molar-refractivity contribution in [3.05, 3.63) is 35.1 Å². The molecule has 0 aliphatic rings. The Hall–Kier alpha value is -2.07. The molecule has 114 valence electrons. The maximum Gasteiger partial charge on any atom is 0.389 e. The van der Waals surface area contributed by atoms with Gasteiger partial charge >= 0.3 is 6.18 Å². The Morgan fingerprint density at radius 1 is 1.33 bits per heavy atom. The Labute approximate surface area is 119 Å². The molecule has 7 heteroatoms. The maximum absolute atomic E-state index is 13.7. The third-order valence-electron chi connectivity index (χ3n) is 2.45. The molecule has 0 bridgehead atoms. The maximum atomic E-state index is 13.7. The van der Waals surface area contributed by atoms with E-state index in [4.69, 9.17) is 5.11 Å². The standard InChI is InChI=1S/C14H13F4NO2/c15-12-9-10(3-1-8-20)4-5-11(12)13(21)19-7-2-6-14(16,17)18/h4-5,9,20H,2,6-8H2,(H,19,21). The highest BCUT2D eigenvalue weighted by atomic mass is 19.4. The number of amides is 1. The summed E-state index contributed by atoms with van der Waals surface area (Å²) in [6, 6.07) is 3.60. The Balaban J connectivity index is 2.58. The average Bonchev–Trinajstić information content (AvgIpc) is 2.40. The predicted molar refractivity (Wildman–Crippen MR) is 68.0 cm³/mol. The molecular formula is C14H13F4NO2. The van der Waals surface area contributed by atoms with Crippen LogP contribution in [0.15, 0.2) is 18.2 Å². The molecule has 2 N–H and O–H groups in total. The first-order valence-corrected chi connectivity index (χ1v) is 6.07. The van der Waals surface area contributed by atoms with Gasteiger partial charge in [-0.25, -0.2) is 4.39 Å². The van der Waals surface area contributed by atoms with Gasteiger partial charge in [0, 0.05) is 18.5 Å². The second-order valence-corrected chi connectivity index (χ2v) is 4.13. The van der Waals surface area contributed by atoms with Crippen molar-refractivity contribution in [2.24, 2.45) is 0 Å². The number of alkyl halides is 3. The number of aliphatic hydroxyl groups is 1. The van der Waals surface area contributed by atoms with Gasteiger partial charge in [0.1, 0.15) is 12.4 Å². The smallest absolute Gasteiger partial charge is 0.384 e. The molecule has 0 heterocycles. The number of aliphatic hydroxyl groups excluding tert-OH is 1. The van der Waals surface area contributed by atoms with Crippen molar-refractivity contribution >= 4 is 5.91 Å². The lowest BCUT2D eigenvalue weighted by Crippen LogP contribution is -2.26. The van der Waals surface area contributed by atoms with Gasteiger partial charge in [-0.1, -0.05) is 11.8 Å². The van der Waals surface area contributed by atoms with Gasteiger partial charge in [-0.05, 0) is 24.6 Å². The molecule has 0 fully saturated rings. The van der Waals surface area contributed by atoms with Gasteiger partial charge in [-0.2, -0.15) is 13.2 Å². The van der Waals surface area contributed by atoms with Crippen molar-refractivity contribution in [1.29, 1.82) is 0 Å². The fourth-order valence-electron chi connectivity index (χ4n) is 1.50. The van der Waals surface area contributed by atoms with E-state index in [0.717, 1.165) is 6.07 Å². The fourth-order valence-corrected chi connectivity index (χ4v) is 1.50. The third kappa shape index (κ3) is 6.27. The second-order valence-electron chi connectivity index (χ2n) is 4.13. The summed E-state index contributed by atoms with van der Waals surface area (Å²) in [7, 11) is 0. The van der Waals surface area contributed by atoms with Crippen molar-refractivity contribution in [3.8, 4) is 11.8 Å². The molecule has 1 aromatic rings. The van der Waals surface area contributed by atoms with Gasteiger partial charge in [0.25, 0.3) is 5.91 Å². The Kier molecular flexibility index (Phi) is 6.18. The van der Waals surface area contributed by atoms with Crippen LogP contribution in [0.4, 0.5) is 17.6 Å². The first kappa shape index (κ1) is 17.0. The average molecular weight is 303 g/mol. The molecular weight excluding hydrogens is 290 g/mol. The van der Waals surface area contributed by atoms with Gasteiger partial charge in [0.15, 0.2) is 0 Å². The van der Waals surface area contributed by atoms with E-state index in [-0.39, 0.29) is 30.7 Å². The summed E-state index contributed by atoms with van der Waals surface area (Å²) in [6.07, 6.45) is -5.55. The summed E-state index contributed by atoms with van der Waals surface area (Å²) >= 11 is 0. The highest BCUT2D eigenvalue weighted by Crippen LogP contribution is 2.20. The number of carbonyl (C=O) groups excluding carboxylic acids is 1. The second kappa shape index (κ2) is 7.64. The SMILES string of the molecule is O=C(NCCCC(F)(F)F)c1ccc(C#CCO)cc1F. The summed E-state index contributed by atoms with van der Waals surface area (Å²) in [5.74, 6) is 3.19. The van der Waals surface area contributed by atoms with E-state index < -0.39 is 24.3 Å². The van der Waals surface area contributed by atoms with E-state index in [2.05, 4.69) is 17.2 Å². The van der Waals surface area contributed by atoms with E-state index in [9.17, 15) is 22.4 Å². The van der Waals surface area contributed by atoms with Crippen LogP contribution >= 0.6 is 0 Å². The zero-order valence-corrected chi connectivity index (χ0v) is 10.9. The van der Waals surface area contributed by atoms with E-state index in [1.807, 2.05) is 0 Å². The van der Waals surface area contributed by atoms with E-state index >= 15 is 0 Å². The van der Waals surface area contributed by atoms with Crippen LogP contribution in [0.2, 0.25) is 0 Å². The van der Waals surface area contributed by atoms with E-state index in [1.165, 1.54) is 12.1 Å². The van der Waals surface area contributed by atoms with Crippen molar-refractivity contribution in [2.75, 3.05) is 13.2 Å². The molecule has 0 saturated heterocycles. The number of hydrogen-bond donors (Lipinski definition) is 2. The lowest BCUT2D eigenvalue weighted by atomic mass is 10.1. The van der Waals surface area contributed by atoms with Crippen LogP contribution < -0.4 is 5.32 Å². The fraction of sp³-hybridized carbons (Fsp3) is 0.357. The summed E-state index contributed by atoms with van der Waals surface area (Å²) in [5.41, 5.74) is 0.0201. The minimum atomic E-state index is -4.27. The quantitative estimate of drug-likeness (QED) is 0.509. The van der Waals surface area contributed by atoms with E-state index in [1.54, 1.807) is 0 Å². The summed E-state index contributed by atoms with van der Waals surface area (Å²) in [4.78, 5) is 11.6. The number of hydrogen-bond acceptors (Lipinski definition) is 2. The van der Waals surface area contributed by atoms with Crippen LogP contribution in [-0.2, 0) is 0 Å². The number of benzene rings is 1. The van der Waals surface area contributed by atoms with Gasteiger partial charge in [0.2, 0.25) is 0 Å². The van der Waals surface area contributed by atoms with Crippen LogP contribution in [0.25, 0.3) is 0 Å². The molecule has 1 aromatic carbocycles. The monoisotopic (exact) mass is 303 g/mol. The minimum Gasteiger partial charge on any atom is -0.384 e. The molecule has 0 spiro atoms. The molecule has 1 rings (SSSR count). The predicted octanol–water partition coefficient (Wildman–Crippen LogP) is 2.24. The zero-order chi connectivity index (χ0) is 15.9. The molecule has 0 saturated carbocycles. The minimum absolute atomic E-state index is 0.191. The topological polar surface area (TPSA) is 49.3 Å². The molecule has 0 atom stereocenters. The van der Waals surface area contributed by atoms with Gasteiger partial charge in [0.05, 0.1) is 5.56 Å². The molecule has 1 amide bonds. The zero-order valence-electron chi connectivity index (χ0n) is 10.9. The number of nitrogens with one attached hydrogen (secondary N) is 1. The van der Waals surface area contributed by atoms with Crippen molar-refractivity contribution in [3.63, 3.8) is 0 Å². The van der Waals surface area contributed by atoms with Gasteiger partial charge in [-0.15, -0.1) is 0 Å². The van der Waals surface area contributed by atoms with Gasteiger partial charge in [-0.3, -0.25) is 4.79 Å². The highest BCUT2D eigenvalue weighted by molar-refractivity contribution is 5.94. The lowest BCUT2D eigenvalue weighted by molar-refractivity contribution is -0.135. The summed E-state index contributed by atoms with van der Waals surface area (Å²) in [5, 5.41) is 10.7. The molecule has 0 aromatic heterocycles. The van der Waals surface area contributed by atoms with Crippen LogP contribution in [-0.4, -0.2) is 30.3 Å². The van der Waals surface area contributed by atoms with Crippen molar-refractivity contribution in [2.45, 2.75) is 19.0 Å². The summed E-state index contributed by atoms with van der Waals surface area (Å²) < 4.78 is 49.4. The van der Waals surface area contributed by atoms with Crippen LogP contribution in [0.3, 0.4) is 0 Å². The van der Waals surface area contributed by atoms with Gasteiger partial charge < -0.3 is 10.4 Å². The number of halogens is 4. The van der Waals surface area contributed by atoms with E-state index in [0.29, 0.717) is 0 Å². The number of rotatable bonds is 4. The number of carbonyl (C=O) groups is 1. The Morgan fingerprint density at radius 2 is 2.05 bits per heavy atom. The first-order chi connectivity index (χ1) is 9.83. The largest absolute Gasteiger partial charge is 0.389 e. The molecule has 0 radical (unpaired) electrons. The van der Waals surface area contributed by atoms with Crippen molar-refractivity contribution < 1.29 is 27.5 Å². The molecule has 21 heavy (non-hydrogen) atoms. The van der Waals surface area contributed by atoms with Crippen molar-refractivity contribution in [1.82, 2.24) is 5.32 Å². The molecule has 0 unspecified atom stereocenters. The Bertz CT molecular complexity index is 558. The lowest BCUT2D eigenvalue weighted by Gasteiger charge is -2.08. The first-order valence-electron chi connectivity index (χ1n) is 6.07. The van der Waals surface area contributed by atoms with Crippen LogP contribution in [0, 0.1) is 17.7 Å². The normalized spacial score (nSPS) is 10.7. The van der Waals surface area contributed by atoms with Crippen LogP contribution in [0.5, 0.6) is 0 Å². The summed E-state index contributed by atoms with van der Waals surface area (Å²) in [6.45, 7) is -0.563.